The molecule has 0 saturated heterocycles. The van der Waals surface area contributed by atoms with Gasteiger partial charge in [0.05, 0.1) is 0 Å². The van der Waals surface area contributed by atoms with Gasteiger partial charge >= 0.3 is 0 Å². The van der Waals surface area contributed by atoms with Crippen LogP contribution >= 0.6 is 0 Å². The SMILES string of the molecule is C=O.CC(Cc1nc(N)nc(N)n1)Cc1nc(N)nc(N)n1. The van der Waals surface area contributed by atoms with Crippen LogP contribution in [0.4, 0.5) is 23.8 Å². The van der Waals surface area contributed by atoms with Crippen molar-refractivity contribution < 1.29 is 4.79 Å². The molecule has 0 aliphatic heterocycles. The molecule has 0 saturated carbocycles. The highest BCUT2D eigenvalue weighted by atomic mass is 16.1. The zero-order valence-electron chi connectivity index (χ0n) is 12.1. The first-order valence-electron chi connectivity index (χ1n) is 6.23. The second kappa shape index (κ2) is 7.61. The maximum Gasteiger partial charge on any atom is 0.225 e. The number of rotatable bonds is 4. The minimum atomic E-state index is 0.105. The standard InChI is InChI=1S/C10H16N10.CH2O/c1-4(2-5-15-7(11)19-8(12)16-5)3-6-17-9(13)20-10(14)18-6;1-2/h4H,2-3H2,1H3,(H4,11,12,15,16,19)(H4,13,14,17,18,20);1H2. The monoisotopic (exact) mass is 306 g/mol. The van der Waals surface area contributed by atoms with E-state index in [2.05, 4.69) is 29.9 Å². The van der Waals surface area contributed by atoms with Gasteiger partial charge in [-0.1, -0.05) is 6.92 Å². The van der Waals surface area contributed by atoms with Crippen molar-refractivity contribution in [2.75, 3.05) is 22.9 Å². The zero-order chi connectivity index (χ0) is 16.7. The van der Waals surface area contributed by atoms with E-state index in [1.165, 1.54) is 0 Å². The predicted molar refractivity (Wildman–Crippen MR) is 81.0 cm³/mol. The van der Waals surface area contributed by atoms with E-state index in [4.69, 9.17) is 27.7 Å². The molecule has 22 heavy (non-hydrogen) atoms. The topological polar surface area (TPSA) is 198 Å². The van der Waals surface area contributed by atoms with Gasteiger partial charge in [0.1, 0.15) is 18.4 Å². The number of nitrogens with zero attached hydrogens (tertiary/aromatic N) is 6. The quantitative estimate of drug-likeness (QED) is 0.518. The molecule has 0 spiro atoms. The minimum Gasteiger partial charge on any atom is -0.368 e. The van der Waals surface area contributed by atoms with Crippen LogP contribution in [0.3, 0.4) is 0 Å². The highest BCUT2D eigenvalue weighted by Gasteiger charge is 2.12. The lowest BCUT2D eigenvalue weighted by molar-refractivity contribution is -0.0979. The van der Waals surface area contributed by atoms with Crippen LogP contribution in [-0.2, 0) is 17.6 Å². The van der Waals surface area contributed by atoms with E-state index in [9.17, 15) is 0 Å². The van der Waals surface area contributed by atoms with Crippen LogP contribution in [-0.4, -0.2) is 36.7 Å². The number of hydrogen-bond acceptors (Lipinski definition) is 11. The largest absolute Gasteiger partial charge is 0.368 e. The Hall–Kier alpha value is -3.11. The van der Waals surface area contributed by atoms with Crippen molar-refractivity contribution in [3.05, 3.63) is 11.6 Å². The first kappa shape index (κ1) is 16.9. The normalized spacial score (nSPS) is 10.1. The Kier molecular flexibility index (Phi) is 5.86. The smallest absolute Gasteiger partial charge is 0.225 e. The molecule has 0 fully saturated rings. The third-order valence-electron chi connectivity index (χ3n) is 2.49. The summed E-state index contributed by atoms with van der Waals surface area (Å²) in [6.45, 7) is 3.99. The maximum atomic E-state index is 8.00. The van der Waals surface area contributed by atoms with E-state index in [-0.39, 0.29) is 29.7 Å². The summed E-state index contributed by atoms with van der Waals surface area (Å²) in [7, 11) is 0. The molecule has 2 rings (SSSR count). The van der Waals surface area contributed by atoms with Crippen LogP contribution in [0.5, 0.6) is 0 Å². The molecular weight excluding hydrogens is 288 g/mol. The Morgan fingerprint density at radius 3 is 1.27 bits per heavy atom. The summed E-state index contributed by atoms with van der Waals surface area (Å²) in [6, 6.07) is 0. The molecule has 2 heterocycles. The van der Waals surface area contributed by atoms with Gasteiger partial charge < -0.3 is 27.7 Å². The van der Waals surface area contributed by atoms with E-state index in [0.29, 0.717) is 24.5 Å². The minimum absolute atomic E-state index is 0.105. The van der Waals surface area contributed by atoms with Crippen LogP contribution in [0.2, 0.25) is 0 Å². The van der Waals surface area contributed by atoms with Gasteiger partial charge in [-0.25, -0.2) is 0 Å². The number of nitrogens with two attached hydrogens (primary N) is 4. The Bertz CT molecular complexity index is 540. The fourth-order valence-corrected chi connectivity index (χ4v) is 1.79. The summed E-state index contributed by atoms with van der Waals surface area (Å²) in [4.78, 5) is 31.5. The summed E-state index contributed by atoms with van der Waals surface area (Å²) in [5.74, 6) is 1.62. The molecule has 2 aromatic rings. The van der Waals surface area contributed by atoms with E-state index in [1.807, 2.05) is 13.7 Å². The zero-order valence-corrected chi connectivity index (χ0v) is 12.1. The van der Waals surface area contributed by atoms with E-state index < -0.39 is 0 Å². The highest BCUT2D eigenvalue weighted by Crippen LogP contribution is 2.11. The van der Waals surface area contributed by atoms with E-state index in [0.717, 1.165) is 0 Å². The van der Waals surface area contributed by atoms with Gasteiger partial charge in [-0.2, -0.15) is 29.9 Å². The Balaban J connectivity index is 0.00000116. The lowest BCUT2D eigenvalue weighted by Gasteiger charge is -2.10. The first-order valence-corrected chi connectivity index (χ1v) is 6.23. The molecule has 0 aliphatic carbocycles. The maximum absolute atomic E-state index is 8.00. The second-order valence-corrected chi connectivity index (χ2v) is 4.45. The first-order chi connectivity index (χ1) is 10.4. The molecule has 8 N–H and O–H groups in total. The Morgan fingerprint density at radius 2 is 1.00 bits per heavy atom. The van der Waals surface area contributed by atoms with Gasteiger partial charge in [0.2, 0.25) is 23.8 Å². The predicted octanol–water partition coefficient (Wildman–Crippen LogP) is -1.38. The average Bonchev–Trinajstić information content (AvgIpc) is 2.38. The molecule has 0 aliphatic rings. The van der Waals surface area contributed by atoms with E-state index >= 15 is 0 Å². The Morgan fingerprint density at radius 1 is 0.727 bits per heavy atom. The van der Waals surface area contributed by atoms with Crippen LogP contribution in [0.25, 0.3) is 0 Å². The van der Waals surface area contributed by atoms with Gasteiger partial charge in [-0.3, -0.25) is 0 Å². The molecule has 0 amide bonds. The fraction of sp³-hybridized carbons (Fsp3) is 0.364. The van der Waals surface area contributed by atoms with Gasteiger partial charge in [-0.05, 0) is 5.92 Å². The number of carbonyl (C=O) groups excluding carboxylic acids is 1. The van der Waals surface area contributed by atoms with Gasteiger partial charge in [0.15, 0.2) is 0 Å². The summed E-state index contributed by atoms with van der Waals surface area (Å²) < 4.78 is 0. The average molecular weight is 306 g/mol. The number of carbonyl (C=O) groups is 1. The van der Waals surface area contributed by atoms with Crippen LogP contribution in [0, 0.1) is 5.92 Å². The van der Waals surface area contributed by atoms with E-state index in [1.54, 1.807) is 0 Å². The number of hydrogen-bond donors (Lipinski definition) is 4. The van der Waals surface area contributed by atoms with Crippen molar-refractivity contribution in [3.8, 4) is 0 Å². The molecular formula is C11H18N10O. The van der Waals surface area contributed by atoms with Crippen molar-refractivity contribution >= 4 is 30.6 Å². The summed E-state index contributed by atoms with van der Waals surface area (Å²) in [5, 5.41) is 0. The van der Waals surface area contributed by atoms with Crippen LogP contribution < -0.4 is 22.9 Å². The van der Waals surface area contributed by atoms with Crippen LogP contribution in [0.15, 0.2) is 0 Å². The lowest BCUT2D eigenvalue weighted by atomic mass is 10.0. The molecule has 0 atom stereocenters. The van der Waals surface area contributed by atoms with Gasteiger partial charge in [0, 0.05) is 12.8 Å². The summed E-state index contributed by atoms with van der Waals surface area (Å²) >= 11 is 0. The van der Waals surface area contributed by atoms with Crippen molar-refractivity contribution in [2.45, 2.75) is 19.8 Å². The summed E-state index contributed by atoms with van der Waals surface area (Å²) in [5.41, 5.74) is 22.1. The number of nitrogen functional groups attached to an aromatic ring is 4. The molecule has 11 heteroatoms. The van der Waals surface area contributed by atoms with Gasteiger partial charge in [0.25, 0.3) is 0 Å². The second-order valence-electron chi connectivity index (χ2n) is 4.45. The third kappa shape index (κ3) is 5.11. The molecule has 118 valence electrons. The lowest BCUT2D eigenvalue weighted by Crippen LogP contribution is -2.14. The molecule has 0 unspecified atom stereocenters. The van der Waals surface area contributed by atoms with Crippen LogP contribution in [0.1, 0.15) is 18.6 Å². The molecule has 0 aromatic carbocycles. The fourth-order valence-electron chi connectivity index (χ4n) is 1.79. The van der Waals surface area contributed by atoms with Crippen molar-refractivity contribution in [1.29, 1.82) is 0 Å². The highest BCUT2D eigenvalue weighted by molar-refractivity contribution is 5.27. The molecule has 2 aromatic heterocycles. The van der Waals surface area contributed by atoms with Gasteiger partial charge in [-0.15, -0.1) is 0 Å². The summed E-state index contributed by atoms with van der Waals surface area (Å²) in [6.07, 6.45) is 1.12. The number of aromatic nitrogens is 6. The molecule has 0 radical (unpaired) electrons. The van der Waals surface area contributed by atoms with Crippen molar-refractivity contribution in [2.24, 2.45) is 5.92 Å². The van der Waals surface area contributed by atoms with Crippen molar-refractivity contribution in [1.82, 2.24) is 29.9 Å². The molecule has 0 bridgehead atoms. The molecule has 11 nitrogen and oxygen atoms in total. The van der Waals surface area contributed by atoms with Crippen molar-refractivity contribution in [3.63, 3.8) is 0 Å². The Labute approximate surface area is 126 Å². The third-order valence-corrected chi connectivity index (χ3v) is 2.49. The number of anilines is 4.